The highest BCUT2D eigenvalue weighted by atomic mass is 32.2. The zero-order chi connectivity index (χ0) is 26.3. The van der Waals surface area contributed by atoms with Crippen LogP contribution in [-0.2, 0) is 29.1 Å². The number of anilines is 2. The van der Waals surface area contributed by atoms with Gasteiger partial charge in [-0.1, -0.05) is 18.2 Å². The predicted molar refractivity (Wildman–Crippen MR) is 148 cm³/mol. The molecule has 11 heteroatoms. The monoisotopic (exact) mass is 518 g/mol. The van der Waals surface area contributed by atoms with Gasteiger partial charge in [0, 0.05) is 40.2 Å². The van der Waals surface area contributed by atoms with E-state index in [9.17, 15) is 9.00 Å². The molecule has 1 aliphatic carbocycles. The molecule has 0 unspecified atom stereocenters. The van der Waals surface area contributed by atoms with Gasteiger partial charge in [-0.25, -0.2) is 23.5 Å². The Balaban J connectivity index is 1.57. The molecule has 0 amide bonds. The third-order valence-electron chi connectivity index (χ3n) is 6.33. The quantitative estimate of drug-likeness (QED) is 0.374. The molecule has 1 N–H and O–H groups in total. The van der Waals surface area contributed by atoms with Crippen molar-refractivity contribution in [2.75, 3.05) is 31.9 Å². The maximum absolute atomic E-state index is 13.2. The predicted octanol–water partition coefficient (Wildman–Crippen LogP) is 3.29. The molecule has 1 aliphatic rings. The number of pyridine rings is 1. The second-order valence-corrected chi connectivity index (χ2v) is 12.2. The summed E-state index contributed by atoms with van der Waals surface area (Å²) in [5.41, 5.74) is 3.70. The lowest BCUT2D eigenvalue weighted by Crippen LogP contribution is -2.27. The molecule has 10 nitrogen and oxygen atoms in total. The Bertz CT molecular complexity index is 1690. The van der Waals surface area contributed by atoms with Crippen molar-refractivity contribution in [3.8, 4) is 5.82 Å². The fraction of sp³-hybridized carbons (Fsp3) is 0.308. The van der Waals surface area contributed by atoms with Gasteiger partial charge in [0.25, 0.3) is 5.56 Å². The summed E-state index contributed by atoms with van der Waals surface area (Å²) in [6.45, 7) is 4.03. The second-order valence-electron chi connectivity index (χ2n) is 9.68. The number of benzene rings is 1. The second kappa shape index (κ2) is 9.56. The van der Waals surface area contributed by atoms with Crippen molar-refractivity contribution in [2.45, 2.75) is 25.4 Å². The Morgan fingerprint density at radius 3 is 2.70 bits per heavy atom. The average molecular weight is 519 g/mol. The van der Waals surface area contributed by atoms with Gasteiger partial charge in [-0.2, -0.15) is 9.35 Å². The van der Waals surface area contributed by atoms with Crippen LogP contribution < -0.4 is 10.9 Å². The number of nitrogens with one attached hydrogen (secondary N) is 1. The number of nitrogens with zero attached hydrogens (tertiary/aromatic N) is 7. The van der Waals surface area contributed by atoms with Crippen LogP contribution in [0, 0.1) is 0 Å². The van der Waals surface area contributed by atoms with Crippen LogP contribution in [-0.4, -0.2) is 66.1 Å². The number of hydrogen-bond acceptors (Lipinski definition) is 8. The Labute approximate surface area is 215 Å². The van der Waals surface area contributed by atoms with Crippen molar-refractivity contribution < 1.29 is 4.21 Å². The Morgan fingerprint density at radius 1 is 1.19 bits per heavy atom. The molecule has 0 aliphatic heterocycles. The Morgan fingerprint density at radius 2 is 1.97 bits per heavy atom. The van der Waals surface area contributed by atoms with Crippen LogP contribution in [0.3, 0.4) is 0 Å². The highest BCUT2D eigenvalue weighted by molar-refractivity contribution is 7.92. The SMILES string of the molecule is C=CCn1c(=O)c2cnc(Nc3ccc4c(c3)C[C@@H](N(C)C)C4)nc2n1-c1cccc(N=S(C)(C)=O)n1. The van der Waals surface area contributed by atoms with Gasteiger partial charge in [-0.15, -0.1) is 6.58 Å². The molecule has 5 rings (SSSR count). The van der Waals surface area contributed by atoms with Crippen LogP contribution in [0.15, 0.2) is 64.4 Å². The fourth-order valence-corrected chi connectivity index (χ4v) is 5.13. The van der Waals surface area contributed by atoms with Crippen LogP contribution in [0.4, 0.5) is 17.5 Å². The molecule has 4 aromatic rings. The largest absolute Gasteiger partial charge is 0.324 e. The molecule has 0 bridgehead atoms. The molecular weight excluding hydrogens is 488 g/mol. The maximum atomic E-state index is 13.2. The lowest BCUT2D eigenvalue weighted by molar-refractivity contribution is 0.303. The molecule has 0 spiro atoms. The Hall–Kier alpha value is -3.83. The molecular formula is C26H30N8O2S. The smallest absolute Gasteiger partial charge is 0.278 e. The van der Waals surface area contributed by atoms with Gasteiger partial charge < -0.3 is 10.2 Å². The van der Waals surface area contributed by atoms with Crippen LogP contribution in [0.5, 0.6) is 0 Å². The number of aromatic nitrogens is 5. The Kier molecular flexibility index (Phi) is 6.42. The molecule has 1 aromatic carbocycles. The lowest BCUT2D eigenvalue weighted by atomic mass is 10.1. The van der Waals surface area contributed by atoms with Crippen molar-refractivity contribution >= 4 is 38.2 Å². The van der Waals surface area contributed by atoms with E-state index in [-0.39, 0.29) is 12.1 Å². The van der Waals surface area contributed by atoms with E-state index in [1.54, 1.807) is 41.5 Å². The maximum Gasteiger partial charge on any atom is 0.278 e. The van der Waals surface area contributed by atoms with Crippen molar-refractivity contribution in [1.82, 2.24) is 29.2 Å². The van der Waals surface area contributed by atoms with E-state index in [4.69, 9.17) is 4.98 Å². The molecule has 1 atom stereocenters. The first-order chi connectivity index (χ1) is 17.6. The molecule has 37 heavy (non-hydrogen) atoms. The first-order valence-corrected chi connectivity index (χ1v) is 14.3. The van der Waals surface area contributed by atoms with Crippen LogP contribution in [0.2, 0.25) is 0 Å². The normalized spacial score (nSPS) is 15.2. The van der Waals surface area contributed by atoms with Crippen molar-refractivity contribution in [3.63, 3.8) is 0 Å². The zero-order valence-electron chi connectivity index (χ0n) is 21.4. The van der Waals surface area contributed by atoms with Crippen LogP contribution in [0.25, 0.3) is 16.9 Å². The number of hydrogen-bond donors (Lipinski definition) is 1. The minimum atomic E-state index is -2.41. The van der Waals surface area contributed by atoms with E-state index in [0.29, 0.717) is 34.7 Å². The summed E-state index contributed by atoms with van der Waals surface area (Å²) in [5, 5.41) is 3.65. The first-order valence-electron chi connectivity index (χ1n) is 11.9. The summed E-state index contributed by atoms with van der Waals surface area (Å²) in [6.07, 6.45) is 8.29. The van der Waals surface area contributed by atoms with Gasteiger partial charge in [0.15, 0.2) is 17.3 Å². The average Bonchev–Trinajstić information content (AvgIpc) is 3.37. The minimum Gasteiger partial charge on any atom is -0.324 e. The molecule has 0 radical (unpaired) electrons. The van der Waals surface area contributed by atoms with Gasteiger partial charge in [-0.05, 0) is 62.3 Å². The third kappa shape index (κ3) is 5.05. The summed E-state index contributed by atoms with van der Waals surface area (Å²) < 4.78 is 19.5. The summed E-state index contributed by atoms with van der Waals surface area (Å²) >= 11 is 0. The molecule has 192 valence electrons. The molecule has 0 fully saturated rings. The fourth-order valence-electron chi connectivity index (χ4n) is 4.58. The van der Waals surface area contributed by atoms with Gasteiger partial charge in [0.2, 0.25) is 5.95 Å². The van der Waals surface area contributed by atoms with Crippen LogP contribution in [0.1, 0.15) is 11.1 Å². The number of fused-ring (bicyclic) bond motifs is 2. The van der Waals surface area contributed by atoms with E-state index in [2.05, 4.69) is 57.4 Å². The van der Waals surface area contributed by atoms with Crippen LogP contribution >= 0.6 is 0 Å². The third-order valence-corrected chi connectivity index (χ3v) is 6.96. The standard InChI is InChI=1S/C26H30N8O2S/c1-6-12-33-25(35)21-16-27-26(28-19-11-10-17-14-20(32(2)3)15-18(17)13-19)30-24(21)34(33)23-9-7-8-22(29-23)31-37(4,5)36/h6-11,13,16,20H,1,12,14-15H2,2-5H3,(H,27,28,30)/t20-/m0/s1. The molecule has 3 heterocycles. The molecule has 0 saturated heterocycles. The van der Waals surface area contributed by atoms with E-state index < -0.39 is 9.73 Å². The van der Waals surface area contributed by atoms with Crippen molar-refractivity contribution in [3.05, 3.63) is 76.7 Å². The summed E-state index contributed by atoms with van der Waals surface area (Å²) in [7, 11) is 1.81. The highest BCUT2D eigenvalue weighted by Crippen LogP contribution is 2.28. The number of rotatable bonds is 7. The number of likely N-dealkylation sites (N-methyl/N-ethyl adjacent to an activating group) is 1. The first kappa shape index (κ1) is 24.8. The van der Waals surface area contributed by atoms with E-state index in [1.807, 2.05) is 6.07 Å². The summed E-state index contributed by atoms with van der Waals surface area (Å²) in [4.78, 5) is 29.1. The molecule has 3 aromatic heterocycles. The van der Waals surface area contributed by atoms with Gasteiger partial charge in [0.1, 0.15) is 5.39 Å². The zero-order valence-corrected chi connectivity index (χ0v) is 22.2. The lowest BCUT2D eigenvalue weighted by Gasteiger charge is -2.17. The van der Waals surface area contributed by atoms with Crippen molar-refractivity contribution in [2.24, 2.45) is 4.36 Å². The van der Waals surface area contributed by atoms with Gasteiger partial charge in [0.05, 0.1) is 6.54 Å². The van der Waals surface area contributed by atoms with Gasteiger partial charge in [-0.3, -0.25) is 4.79 Å². The number of allylic oxidation sites excluding steroid dienone is 1. The van der Waals surface area contributed by atoms with E-state index in [0.717, 1.165) is 18.5 Å². The topological polar surface area (TPSA) is 110 Å². The van der Waals surface area contributed by atoms with Crippen molar-refractivity contribution in [1.29, 1.82) is 0 Å². The summed E-state index contributed by atoms with van der Waals surface area (Å²) in [5.74, 6) is 1.11. The van der Waals surface area contributed by atoms with E-state index >= 15 is 0 Å². The highest BCUT2D eigenvalue weighted by Gasteiger charge is 2.23. The van der Waals surface area contributed by atoms with E-state index in [1.165, 1.54) is 22.0 Å². The molecule has 0 saturated carbocycles. The van der Waals surface area contributed by atoms with Gasteiger partial charge >= 0.3 is 0 Å². The summed E-state index contributed by atoms with van der Waals surface area (Å²) in [6, 6.07) is 12.0. The minimum absolute atomic E-state index is 0.247.